The fourth-order valence-electron chi connectivity index (χ4n) is 0.287. The average molecular weight is 110 g/mol. The van der Waals surface area contributed by atoms with Crippen molar-refractivity contribution in [2.75, 3.05) is 0 Å². The van der Waals surface area contributed by atoms with Gasteiger partial charge in [-0.15, -0.1) is 0 Å². The highest BCUT2D eigenvalue weighted by Gasteiger charge is 1.75. The zero-order valence-corrected chi connectivity index (χ0v) is 5.22. The minimum Gasteiger partial charge on any atom is -0.298 e. The van der Waals surface area contributed by atoms with Crippen LogP contribution in [0.2, 0.25) is 0 Å². The lowest BCUT2D eigenvalue weighted by molar-refractivity contribution is -0.104. The first-order valence-electron chi connectivity index (χ1n) is 2.56. The Labute approximate surface area is 49.7 Å². The minimum atomic E-state index is 0.753. The van der Waals surface area contributed by atoms with E-state index < -0.39 is 0 Å². The third kappa shape index (κ3) is 3.34. The molecule has 0 aliphatic rings. The van der Waals surface area contributed by atoms with Crippen molar-refractivity contribution >= 4 is 6.29 Å². The van der Waals surface area contributed by atoms with E-state index in [4.69, 9.17) is 0 Å². The molecule has 8 heavy (non-hydrogen) atoms. The van der Waals surface area contributed by atoms with Crippen LogP contribution in [0.15, 0.2) is 23.8 Å². The molecule has 0 saturated heterocycles. The molecule has 0 radical (unpaired) electrons. The average Bonchev–Trinajstić information content (AvgIpc) is 1.83. The summed E-state index contributed by atoms with van der Waals surface area (Å²) in [6, 6.07) is 0. The SMILES string of the molecule is C/C=C/C=C(/C)C=O. The minimum absolute atomic E-state index is 0.753. The van der Waals surface area contributed by atoms with Crippen molar-refractivity contribution in [1.29, 1.82) is 0 Å². The van der Waals surface area contributed by atoms with Crippen molar-refractivity contribution in [1.82, 2.24) is 0 Å². The highest BCUT2D eigenvalue weighted by molar-refractivity contribution is 5.72. The van der Waals surface area contributed by atoms with Gasteiger partial charge in [-0.05, 0) is 19.4 Å². The van der Waals surface area contributed by atoms with E-state index in [1.54, 1.807) is 13.0 Å². The first-order chi connectivity index (χ1) is 3.81. The molecule has 0 rings (SSSR count). The summed E-state index contributed by atoms with van der Waals surface area (Å²) in [7, 11) is 0. The Hall–Kier alpha value is -0.850. The molecular formula is C7H10O. The van der Waals surface area contributed by atoms with Gasteiger partial charge in [0.15, 0.2) is 0 Å². The maximum absolute atomic E-state index is 9.91. The van der Waals surface area contributed by atoms with Gasteiger partial charge in [-0.2, -0.15) is 0 Å². The van der Waals surface area contributed by atoms with Gasteiger partial charge in [0.1, 0.15) is 6.29 Å². The molecule has 0 atom stereocenters. The number of aldehydes is 1. The number of rotatable bonds is 2. The molecule has 0 bridgehead atoms. The van der Waals surface area contributed by atoms with Crippen LogP contribution >= 0.6 is 0 Å². The third-order valence-corrected chi connectivity index (χ3v) is 0.737. The molecule has 0 spiro atoms. The first-order valence-corrected chi connectivity index (χ1v) is 2.56. The van der Waals surface area contributed by atoms with Crippen LogP contribution in [-0.2, 0) is 4.79 Å². The van der Waals surface area contributed by atoms with E-state index in [1.807, 2.05) is 19.1 Å². The smallest absolute Gasteiger partial charge is 0.145 e. The summed E-state index contributed by atoms with van der Waals surface area (Å²) in [5.41, 5.74) is 0.753. The Bertz CT molecular complexity index is 120. The molecule has 1 heteroatoms. The van der Waals surface area contributed by atoms with Crippen LogP contribution in [0.5, 0.6) is 0 Å². The second kappa shape index (κ2) is 4.31. The summed E-state index contributed by atoms with van der Waals surface area (Å²) in [4.78, 5) is 9.91. The Balaban J connectivity index is 3.74. The third-order valence-electron chi connectivity index (χ3n) is 0.737. The van der Waals surface area contributed by atoms with Crippen LogP contribution in [-0.4, -0.2) is 6.29 Å². The van der Waals surface area contributed by atoms with E-state index >= 15 is 0 Å². The molecule has 0 aliphatic carbocycles. The van der Waals surface area contributed by atoms with Crippen LogP contribution in [0.4, 0.5) is 0 Å². The van der Waals surface area contributed by atoms with Crippen LogP contribution < -0.4 is 0 Å². The van der Waals surface area contributed by atoms with Crippen LogP contribution in [0, 0.1) is 0 Å². The molecule has 1 nitrogen and oxygen atoms in total. The maximum Gasteiger partial charge on any atom is 0.145 e. The summed E-state index contributed by atoms with van der Waals surface area (Å²) in [6.07, 6.45) is 6.32. The van der Waals surface area contributed by atoms with Gasteiger partial charge in [-0.1, -0.05) is 18.2 Å². The molecule has 0 heterocycles. The van der Waals surface area contributed by atoms with Gasteiger partial charge in [0.25, 0.3) is 0 Å². The molecule has 0 fully saturated rings. The second-order valence-corrected chi connectivity index (χ2v) is 1.55. The van der Waals surface area contributed by atoms with Crippen molar-refractivity contribution < 1.29 is 4.79 Å². The Morgan fingerprint density at radius 2 is 2.12 bits per heavy atom. The maximum atomic E-state index is 9.91. The number of hydrogen-bond donors (Lipinski definition) is 0. The number of carbonyl (C=O) groups excluding carboxylic acids is 1. The van der Waals surface area contributed by atoms with Gasteiger partial charge in [0.2, 0.25) is 0 Å². The lowest BCUT2D eigenvalue weighted by Crippen LogP contribution is -1.71. The summed E-state index contributed by atoms with van der Waals surface area (Å²) in [6.45, 7) is 3.68. The fourth-order valence-corrected chi connectivity index (χ4v) is 0.287. The van der Waals surface area contributed by atoms with Crippen molar-refractivity contribution in [2.24, 2.45) is 0 Å². The quantitative estimate of drug-likeness (QED) is 0.300. The van der Waals surface area contributed by atoms with E-state index in [1.165, 1.54) is 0 Å². The summed E-state index contributed by atoms with van der Waals surface area (Å²) < 4.78 is 0. The summed E-state index contributed by atoms with van der Waals surface area (Å²) in [5.74, 6) is 0. The van der Waals surface area contributed by atoms with Gasteiger partial charge >= 0.3 is 0 Å². The summed E-state index contributed by atoms with van der Waals surface area (Å²) in [5, 5.41) is 0. The number of allylic oxidation sites excluding steroid dienone is 4. The lowest BCUT2D eigenvalue weighted by Gasteiger charge is -1.77. The van der Waals surface area contributed by atoms with Gasteiger partial charge in [-0.25, -0.2) is 0 Å². The molecule has 0 aromatic heterocycles. The highest BCUT2D eigenvalue weighted by Crippen LogP contribution is 1.85. The molecule has 0 N–H and O–H groups in total. The largest absolute Gasteiger partial charge is 0.298 e. The van der Waals surface area contributed by atoms with Crippen LogP contribution in [0.1, 0.15) is 13.8 Å². The molecule has 0 unspecified atom stereocenters. The standard InChI is InChI=1S/C7H10O/c1-3-4-5-7(2)6-8/h3-6H,1-2H3/b4-3+,7-5-. The van der Waals surface area contributed by atoms with Gasteiger partial charge in [0.05, 0.1) is 0 Å². The van der Waals surface area contributed by atoms with Crippen molar-refractivity contribution in [3.05, 3.63) is 23.8 Å². The van der Waals surface area contributed by atoms with Crippen LogP contribution in [0.25, 0.3) is 0 Å². The van der Waals surface area contributed by atoms with Gasteiger partial charge < -0.3 is 0 Å². The zero-order valence-electron chi connectivity index (χ0n) is 5.22. The lowest BCUT2D eigenvalue weighted by atomic mass is 10.3. The highest BCUT2D eigenvalue weighted by atomic mass is 16.1. The van der Waals surface area contributed by atoms with Crippen LogP contribution in [0.3, 0.4) is 0 Å². The molecule has 0 aromatic rings. The van der Waals surface area contributed by atoms with Crippen molar-refractivity contribution in [3.63, 3.8) is 0 Å². The van der Waals surface area contributed by atoms with Gasteiger partial charge in [-0.3, -0.25) is 4.79 Å². The molecule has 0 amide bonds. The zero-order chi connectivity index (χ0) is 6.41. The summed E-state index contributed by atoms with van der Waals surface area (Å²) >= 11 is 0. The van der Waals surface area contributed by atoms with E-state index in [0.717, 1.165) is 11.9 Å². The second-order valence-electron chi connectivity index (χ2n) is 1.55. The monoisotopic (exact) mass is 110 g/mol. The van der Waals surface area contributed by atoms with Crippen molar-refractivity contribution in [2.45, 2.75) is 13.8 Å². The van der Waals surface area contributed by atoms with Crippen molar-refractivity contribution in [3.8, 4) is 0 Å². The van der Waals surface area contributed by atoms with E-state index in [9.17, 15) is 4.79 Å². The molecule has 0 aromatic carbocycles. The Kier molecular flexibility index (Phi) is 3.85. The molecule has 0 aliphatic heterocycles. The van der Waals surface area contributed by atoms with E-state index in [-0.39, 0.29) is 0 Å². The number of carbonyl (C=O) groups is 1. The molecule has 44 valence electrons. The van der Waals surface area contributed by atoms with E-state index in [2.05, 4.69) is 0 Å². The predicted molar refractivity (Wildman–Crippen MR) is 34.6 cm³/mol. The number of hydrogen-bond acceptors (Lipinski definition) is 1. The van der Waals surface area contributed by atoms with E-state index in [0.29, 0.717) is 0 Å². The molecular weight excluding hydrogens is 100 g/mol. The topological polar surface area (TPSA) is 17.1 Å². The normalized spacial score (nSPS) is 12.5. The Morgan fingerprint density at radius 1 is 1.50 bits per heavy atom. The molecule has 0 saturated carbocycles. The fraction of sp³-hybridized carbons (Fsp3) is 0.286. The first kappa shape index (κ1) is 7.15. The predicted octanol–water partition coefficient (Wildman–Crippen LogP) is 1.71. The Morgan fingerprint density at radius 3 is 2.50 bits per heavy atom. The van der Waals surface area contributed by atoms with Gasteiger partial charge in [0, 0.05) is 0 Å².